The van der Waals surface area contributed by atoms with Crippen LogP contribution in [0.3, 0.4) is 0 Å². The van der Waals surface area contributed by atoms with Crippen molar-refractivity contribution in [2.24, 2.45) is 25.9 Å². The molecule has 1 aromatic heterocycles. The van der Waals surface area contributed by atoms with Crippen LogP contribution in [0.4, 0.5) is 0 Å². The zero-order chi connectivity index (χ0) is 15.3. The van der Waals surface area contributed by atoms with Gasteiger partial charge < -0.3 is 5.32 Å². The SMILES string of the molecule is CCNC(c1cc2c(cc1Br)n(C)c(=O)n2C)C1CC1C. The van der Waals surface area contributed by atoms with E-state index in [2.05, 4.69) is 47.2 Å². The molecule has 1 aromatic carbocycles. The highest BCUT2D eigenvalue weighted by molar-refractivity contribution is 9.10. The molecule has 0 saturated heterocycles. The molecule has 3 unspecified atom stereocenters. The first-order chi connectivity index (χ1) is 9.95. The summed E-state index contributed by atoms with van der Waals surface area (Å²) in [4.78, 5) is 12.1. The van der Waals surface area contributed by atoms with Crippen molar-refractivity contribution in [3.63, 3.8) is 0 Å². The van der Waals surface area contributed by atoms with Gasteiger partial charge in [0, 0.05) is 24.6 Å². The zero-order valence-electron chi connectivity index (χ0n) is 13.0. The van der Waals surface area contributed by atoms with Crippen molar-refractivity contribution in [1.29, 1.82) is 0 Å². The second kappa shape index (κ2) is 5.29. The highest BCUT2D eigenvalue weighted by Crippen LogP contribution is 2.48. The fraction of sp³-hybridized carbons (Fsp3) is 0.562. The van der Waals surface area contributed by atoms with Crippen molar-refractivity contribution >= 4 is 27.0 Å². The minimum atomic E-state index is 0.0221. The average Bonchev–Trinajstić information content (AvgIpc) is 3.14. The van der Waals surface area contributed by atoms with Crippen LogP contribution in [0, 0.1) is 11.8 Å². The van der Waals surface area contributed by atoms with E-state index in [0.717, 1.165) is 28.0 Å². The number of nitrogens with one attached hydrogen (secondary N) is 1. The fourth-order valence-electron chi connectivity index (χ4n) is 3.30. The van der Waals surface area contributed by atoms with E-state index in [9.17, 15) is 4.79 Å². The number of halogens is 1. The molecule has 2 aromatic rings. The smallest absolute Gasteiger partial charge is 0.310 e. The third-order valence-corrected chi connectivity index (χ3v) is 5.44. The molecular weight excluding hydrogens is 330 g/mol. The predicted molar refractivity (Wildman–Crippen MR) is 89.5 cm³/mol. The topological polar surface area (TPSA) is 39.0 Å². The first-order valence-corrected chi connectivity index (χ1v) is 8.33. The number of nitrogens with zero attached hydrogens (tertiary/aromatic N) is 2. The summed E-state index contributed by atoms with van der Waals surface area (Å²) in [7, 11) is 3.66. The Morgan fingerprint density at radius 2 is 1.90 bits per heavy atom. The van der Waals surface area contributed by atoms with Crippen LogP contribution in [0.5, 0.6) is 0 Å². The Morgan fingerprint density at radius 3 is 2.43 bits per heavy atom. The lowest BCUT2D eigenvalue weighted by Crippen LogP contribution is -2.23. The number of hydrogen-bond donors (Lipinski definition) is 1. The Balaban J connectivity index is 2.15. The largest absolute Gasteiger partial charge is 0.328 e. The third-order valence-electron chi connectivity index (χ3n) is 4.75. The molecule has 1 fully saturated rings. The molecule has 3 atom stereocenters. The van der Waals surface area contributed by atoms with Crippen molar-refractivity contribution in [3.8, 4) is 0 Å². The van der Waals surface area contributed by atoms with Gasteiger partial charge in [-0.3, -0.25) is 9.13 Å². The fourth-order valence-corrected chi connectivity index (χ4v) is 3.88. The predicted octanol–water partition coefficient (Wildman–Crippen LogP) is 2.95. The Bertz CT molecular complexity index is 746. The maximum Gasteiger partial charge on any atom is 0.328 e. The second-order valence-corrected chi connectivity index (χ2v) is 7.03. The van der Waals surface area contributed by atoms with E-state index < -0.39 is 0 Å². The van der Waals surface area contributed by atoms with Gasteiger partial charge in [0.25, 0.3) is 0 Å². The van der Waals surface area contributed by atoms with Gasteiger partial charge in [-0.05, 0) is 42.5 Å². The van der Waals surface area contributed by atoms with Gasteiger partial charge in [0.2, 0.25) is 0 Å². The van der Waals surface area contributed by atoms with Crippen LogP contribution >= 0.6 is 15.9 Å². The van der Waals surface area contributed by atoms with Crippen LogP contribution in [0.25, 0.3) is 11.0 Å². The van der Waals surface area contributed by atoms with E-state index in [4.69, 9.17) is 0 Å². The summed E-state index contributed by atoms with van der Waals surface area (Å²) < 4.78 is 4.51. The van der Waals surface area contributed by atoms with Crippen molar-refractivity contribution in [3.05, 3.63) is 32.7 Å². The third kappa shape index (κ3) is 2.36. The number of aromatic nitrogens is 2. The van der Waals surface area contributed by atoms with Crippen LogP contribution in [0.15, 0.2) is 21.4 Å². The number of imidazole rings is 1. The maximum absolute atomic E-state index is 12.1. The Labute approximate surface area is 133 Å². The Morgan fingerprint density at radius 1 is 1.33 bits per heavy atom. The molecule has 21 heavy (non-hydrogen) atoms. The molecule has 114 valence electrons. The Kier molecular flexibility index (Phi) is 3.74. The normalized spacial score (nSPS) is 22.7. The molecule has 1 aliphatic rings. The first kappa shape index (κ1) is 14.9. The lowest BCUT2D eigenvalue weighted by atomic mass is 10.0. The molecule has 0 radical (unpaired) electrons. The molecule has 0 spiro atoms. The van der Waals surface area contributed by atoms with E-state index in [1.807, 2.05) is 14.1 Å². The number of aryl methyl sites for hydroxylation is 2. The number of benzene rings is 1. The van der Waals surface area contributed by atoms with Crippen LogP contribution in [0.2, 0.25) is 0 Å². The summed E-state index contributed by atoms with van der Waals surface area (Å²) in [5.74, 6) is 1.47. The van der Waals surface area contributed by atoms with Gasteiger partial charge in [-0.2, -0.15) is 0 Å². The van der Waals surface area contributed by atoms with Crippen LogP contribution in [-0.4, -0.2) is 15.7 Å². The molecule has 4 nitrogen and oxygen atoms in total. The van der Waals surface area contributed by atoms with E-state index in [1.54, 1.807) is 9.13 Å². The summed E-state index contributed by atoms with van der Waals surface area (Å²) in [6, 6.07) is 4.60. The standard InChI is InChI=1S/C16H22BrN3O/c1-5-18-15(10-6-9(10)2)11-7-13-14(8-12(11)17)20(4)16(21)19(13)3/h7-10,15,18H,5-6H2,1-4H3. The van der Waals surface area contributed by atoms with Crippen molar-refractivity contribution in [1.82, 2.24) is 14.5 Å². The minimum absolute atomic E-state index is 0.0221. The van der Waals surface area contributed by atoms with Crippen LogP contribution in [-0.2, 0) is 14.1 Å². The molecule has 0 bridgehead atoms. The summed E-state index contributed by atoms with van der Waals surface area (Å²) in [6.07, 6.45) is 1.27. The highest BCUT2D eigenvalue weighted by atomic mass is 79.9. The number of hydrogen-bond acceptors (Lipinski definition) is 2. The molecule has 1 N–H and O–H groups in total. The van der Waals surface area contributed by atoms with Gasteiger partial charge in [-0.15, -0.1) is 0 Å². The van der Waals surface area contributed by atoms with Crippen LogP contribution < -0.4 is 11.0 Å². The monoisotopic (exact) mass is 351 g/mol. The zero-order valence-corrected chi connectivity index (χ0v) is 14.6. The number of fused-ring (bicyclic) bond motifs is 1. The molecule has 1 saturated carbocycles. The second-order valence-electron chi connectivity index (χ2n) is 6.18. The van der Waals surface area contributed by atoms with Gasteiger partial charge in [-0.25, -0.2) is 4.79 Å². The lowest BCUT2D eigenvalue weighted by Gasteiger charge is -2.20. The molecular formula is C16H22BrN3O. The van der Waals surface area contributed by atoms with Gasteiger partial charge in [0.1, 0.15) is 0 Å². The molecule has 0 amide bonds. The molecule has 0 aliphatic heterocycles. The summed E-state index contributed by atoms with van der Waals surface area (Å²) in [5, 5.41) is 3.61. The van der Waals surface area contributed by atoms with Gasteiger partial charge in [-0.1, -0.05) is 29.8 Å². The van der Waals surface area contributed by atoms with Crippen LogP contribution in [0.1, 0.15) is 31.9 Å². The first-order valence-electron chi connectivity index (χ1n) is 7.54. The average molecular weight is 352 g/mol. The molecule has 5 heteroatoms. The van der Waals surface area contributed by atoms with Crippen molar-refractivity contribution in [2.75, 3.05) is 6.54 Å². The molecule has 1 aliphatic carbocycles. The minimum Gasteiger partial charge on any atom is -0.310 e. The lowest BCUT2D eigenvalue weighted by molar-refractivity contribution is 0.474. The molecule has 3 rings (SSSR count). The number of rotatable bonds is 4. The van der Waals surface area contributed by atoms with Crippen molar-refractivity contribution < 1.29 is 0 Å². The summed E-state index contributed by atoms with van der Waals surface area (Å²) in [6.45, 7) is 5.40. The molecule has 1 heterocycles. The maximum atomic E-state index is 12.1. The van der Waals surface area contributed by atoms with E-state index >= 15 is 0 Å². The van der Waals surface area contributed by atoms with Gasteiger partial charge in [0.15, 0.2) is 0 Å². The van der Waals surface area contributed by atoms with Gasteiger partial charge >= 0.3 is 5.69 Å². The quantitative estimate of drug-likeness (QED) is 0.919. The summed E-state index contributed by atoms with van der Waals surface area (Å²) >= 11 is 3.71. The van der Waals surface area contributed by atoms with E-state index in [1.165, 1.54) is 12.0 Å². The highest BCUT2D eigenvalue weighted by Gasteiger charge is 2.40. The van der Waals surface area contributed by atoms with E-state index in [-0.39, 0.29) is 5.69 Å². The Hall–Kier alpha value is -1.07. The summed E-state index contributed by atoms with van der Waals surface area (Å²) in [5.41, 5.74) is 3.25. The van der Waals surface area contributed by atoms with Crippen molar-refractivity contribution in [2.45, 2.75) is 26.3 Å². The van der Waals surface area contributed by atoms with Gasteiger partial charge in [0.05, 0.1) is 11.0 Å². The van der Waals surface area contributed by atoms with E-state index in [0.29, 0.717) is 12.0 Å².